The van der Waals surface area contributed by atoms with Gasteiger partial charge in [-0.25, -0.2) is 0 Å². The van der Waals surface area contributed by atoms with Gasteiger partial charge in [-0.15, -0.1) is 0 Å². The van der Waals surface area contributed by atoms with E-state index in [-0.39, 0.29) is 0 Å². The molecule has 0 spiro atoms. The summed E-state index contributed by atoms with van der Waals surface area (Å²) in [5, 5.41) is 0. The van der Waals surface area contributed by atoms with Crippen LogP contribution in [0.1, 0.15) is 107 Å². The molecule has 0 aromatic heterocycles. The molecule has 1 rings (SSSR count). The van der Waals surface area contributed by atoms with E-state index >= 15 is 0 Å². The normalized spacial score (nSPS) is 12.1. The fraction of sp³-hybridized carbons (Fsp3) is 0.655. The molecule has 0 amide bonds. The quantitative estimate of drug-likeness (QED) is 0.183. The molecule has 0 atom stereocenters. The van der Waals surface area contributed by atoms with Crippen molar-refractivity contribution in [3.8, 4) is 0 Å². The predicted molar refractivity (Wildman–Crippen MR) is 136 cm³/mol. The summed E-state index contributed by atoms with van der Waals surface area (Å²) in [5.41, 5.74) is 6.12. The minimum absolute atomic E-state index is 1.05. The van der Waals surface area contributed by atoms with Crippen molar-refractivity contribution in [2.75, 3.05) is 14.1 Å². The van der Waals surface area contributed by atoms with Crippen LogP contribution in [-0.2, 0) is 19.4 Å². The van der Waals surface area contributed by atoms with Gasteiger partial charge in [0.05, 0.1) is 0 Å². The first-order valence-electron chi connectivity index (χ1n) is 12.7. The van der Waals surface area contributed by atoms with Crippen LogP contribution in [0.5, 0.6) is 0 Å². The van der Waals surface area contributed by atoms with Gasteiger partial charge in [0.2, 0.25) is 0 Å². The molecule has 0 aliphatic rings. The van der Waals surface area contributed by atoms with E-state index in [1.807, 2.05) is 0 Å². The highest BCUT2D eigenvalue weighted by Crippen LogP contribution is 2.21. The maximum Gasteiger partial charge on any atom is 0.0227 e. The minimum Gasteiger partial charge on any atom is -0.305 e. The molecule has 0 saturated heterocycles. The van der Waals surface area contributed by atoms with E-state index in [9.17, 15) is 0 Å². The Labute approximate surface area is 188 Å². The van der Waals surface area contributed by atoms with Gasteiger partial charge in [0.1, 0.15) is 0 Å². The van der Waals surface area contributed by atoms with E-state index < -0.39 is 0 Å². The Bertz CT molecular complexity index is 609. The molecule has 0 aliphatic carbocycles. The summed E-state index contributed by atoms with van der Waals surface area (Å²) in [5.74, 6) is 0. The molecule has 0 saturated carbocycles. The number of nitrogens with zero attached hydrogens (tertiary/aromatic N) is 1. The molecule has 1 heteroatoms. The molecule has 0 N–H and O–H groups in total. The molecular formula is C29H49N. The third-order valence-electron chi connectivity index (χ3n) is 5.99. The second-order valence-electron chi connectivity index (χ2n) is 9.14. The van der Waals surface area contributed by atoms with Crippen LogP contribution < -0.4 is 0 Å². The third kappa shape index (κ3) is 12.4. The Morgan fingerprint density at radius 1 is 0.733 bits per heavy atom. The summed E-state index contributed by atoms with van der Waals surface area (Å²) in [7, 11) is 4.32. The summed E-state index contributed by atoms with van der Waals surface area (Å²) < 4.78 is 0. The summed E-state index contributed by atoms with van der Waals surface area (Å²) in [4.78, 5) is 2.27. The Hall–Kier alpha value is -1.34. The molecular weight excluding hydrogens is 362 g/mol. The van der Waals surface area contributed by atoms with Crippen molar-refractivity contribution in [2.24, 2.45) is 0 Å². The van der Waals surface area contributed by atoms with Crippen LogP contribution in [0.4, 0.5) is 0 Å². The second-order valence-corrected chi connectivity index (χ2v) is 9.14. The van der Waals surface area contributed by atoms with Crippen LogP contribution >= 0.6 is 0 Å². The number of rotatable bonds is 17. The lowest BCUT2D eigenvalue weighted by atomic mass is 9.93. The number of hydrogen-bond donors (Lipinski definition) is 0. The minimum atomic E-state index is 1.05. The Kier molecular flexibility index (Phi) is 15.4. The first-order valence-corrected chi connectivity index (χ1v) is 12.7. The van der Waals surface area contributed by atoms with Crippen molar-refractivity contribution in [1.29, 1.82) is 0 Å². The monoisotopic (exact) mass is 411 g/mol. The zero-order valence-electron chi connectivity index (χ0n) is 20.8. The molecule has 0 heterocycles. The van der Waals surface area contributed by atoms with Crippen LogP contribution in [-0.4, -0.2) is 19.0 Å². The van der Waals surface area contributed by atoms with Crippen LogP contribution in [0.25, 0.3) is 0 Å². The smallest absolute Gasteiger partial charge is 0.0227 e. The van der Waals surface area contributed by atoms with Gasteiger partial charge in [0.15, 0.2) is 0 Å². The van der Waals surface area contributed by atoms with Gasteiger partial charge in [0.25, 0.3) is 0 Å². The van der Waals surface area contributed by atoms with Gasteiger partial charge in [-0.3, -0.25) is 0 Å². The molecule has 0 radical (unpaired) electrons. The third-order valence-corrected chi connectivity index (χ3v) is 5.99. The highest BCUT2D eigenvalue weighted by molar-refractivity contribution is 5.38. The zero-order valence-corrected chi connectivity index (χ0v) is 20.8. The Morgan fingerprint density at radius 3 is 1.90 bits per heavy atom. The second kappa shape index (κ2) is 17.4. The van der Waals surface area contributed by atoms with E-state index in [0.717, 1.165) is 13.0 Å². The average Bonchev–Trinajstić information content (AvgIpc) is 2.72. The number of allylic oxidation sites excluding steroid dienone is 4. The average molecular weight is 412 g/mol. The van der Waals surface area contributed by atoms with E-state index in [4.69, 9.17) is 0 Å². The maximum absolute atomic E-state index is 2.46. The van der Waals surface area contributed by atoms with Crippen molar-refractivity contribution in [2.45, 2.75) is 111 Å². The molecule has 170 valence electrons. The Balaban J connectivity index is 2.17. The summed E-state index contributed by atoms with van der Waals surface area (Å²) in [6, 6.07) is 4.87. The molecule has 1 aromatic carbocycles. The lowest BCUT2D eigenvalue weighted by molar-refractivity contribution is 0.402. The SMILES string of the molecule is CCCCC/C=C/C=C/CCCCCCCCc1cc(CN(C)C)cc(CC)c1C. The van der Waals surface area contributed by atoms with E-state index in [0.29, 0.717) is 0 Å². The van der Waals surface area contributed by atoms with Crippen molar-refractivity contribution in [3.05, 3.63) is 58.7 Å². The van der Waals surface area contributed by atoms with Crippen LogP contribution in [0.15, 0.2) is 36.4 Å². The van der Waals surface area contributed by atoms with Crippen LogP contribution in [0, 0.1) is 6.92 Å². The van der Waals surface area contributed by atoms with Gasteiger partial charge in [-0.1, -0.05) is 88.8 Å². The summed E-state index contributed by atoms with van der Waals surface area (Å²) in [6.07, 6.45) is 26.2. The van der Waals surface area contributed by atoms with E-state index in [2.05, 4.69) is 76.2 Å². The van der Waals surface area contributed by atoms with Gasteiger partial charge >= 0.3 is 0 Å². The largest absolute Gasteiger partial charge is 0.305 e. The topological polar surface area (TPSA) is 3.24 Å². The summed E-state index contributed by atoms with van der Waals surface area (Å²) >= 11 is 0. The number of benzene rings is 1. The Morgan fingerprint density at radius 2 is 1.30 bits per heavy atom. The van der Waals surface area contributed by atoms with E-state index in [1.165, 1.54) is 93.7 Å². The number of unbranched alkanes of at least 4 members (excludes halogenated alkanes) is 9. The van der Waals surface area contributed by atoms with Crippen LogP contribution in [0.2, 0.25) is 0 Å². The number of hydrogen-bond acceptors (Lipinski definition) is 1. The first-order chi connectivity index (χ1) is 14.6. The first kappa shape index (κ1) is 26.7. The lowest BCUT2D eigenvalue weighted by Crippen LogP contribution is -2.11. The van der Waals surface area contributed by atoms with Gasteiger partial charge in [0, 0.05) is 6.54 Å². The molecule has 1 aromatic rings. The van der Waals surface area contributed by atoms with Gasteiger partial charge in [-0.05, 0) is 88.2 Å². The van der Waals surface area contributed by atoms with Gasteiger partial charge < -0.3 is 4.90 Å². The fourth-order valence-electron chi connectivity index (χ4n) is 4.14. The molecule has 30 heavy (non-hydrogen) atoms. The fourth-order valence-corrected chi connectivity index (χ4v) is 4.14. The molecule has 1 nitrogen and oxygen atoms in total. The van der Waals surface area contributed by atoms with Crippen molar-refractivity contribution in [3.63, 3.8) is 0 Å². The number of aryl methyl sites for hydroxylation is 2. The predicted octanol–water partition coefficient (Wildman–Crippen LogP) is 8.58. The van der Waals surface area contributed by atoms with Crippen molar-refractivity contribution in [1.82, 2.24) is 4.90 Å². The lowest BCUT2D eigenvalue weighted by Gasteiger charge is -2.16. The summed E-state index contributed by atoms with van der Waals surface area (Å²) in [6.45, 7) is 7.91. The molecule has 0 aliphatic heterocycles. The van der Waals surface area contributed by atoms with E-state index in [1.54, 1.807) is 5.56 Å². The molecule has 0 bridgehead atoms. The van der Waals surface area contributed by atoms with Crippen molar-refractivity contribution >= 4 is 0 Å². The van der Waals surface area contributed by atoms with Crippen LogP contribution in [0.3, 0.4) is 0 Å². The van der Waals surface area contributed by atoms with Gasteiger partial charge in [-0.2, -0.15) is 0 Å². The highest BCUT2D eigenvalue weighted by atomic mass is 15.0. The maximum atomic E-state index is 2.46. The highest BCUT2D eigenvalue weighted by Gasteiger charge is 2.07. The molecule has 0 fully saturated rings. The zero-order chi connectivity index (χ0) is 22.0. The standard InChI is InChI=1S/C29H49N/c1-6-8-9-10-11-12-13-14-15-16-17-18-19-20-21-22-29-24-27(25-30(4)5)23-28(7-2)26(29)3/h11-14,23-24H,6-10,15-22,25H2,1-5H3/b12-11+,14-13+. The van der Waals surface area contributed by atoms with Crippen molar-refractivity contribution < 1.29 is 0 Å². The molecule has 0 unspecified atom stereocenters.